The second kappa shape index (κ2) is 14.5. The second-order valence-corrected chi connectivity index (χ2v) is 16.8. The smallest absolute Gasteiger partial charge is 0.136 e. The van der Waals surface area contributed by atoms with Crippen LogP contribution in [0.15, 0.2) is 229 Å². The molecule has 10 aromatic carbocycles. The van der Waals surface area contributed by atoms with E-state index >= 15 is 0 Å². The van der Waals surface area contributed by atoms with Gasteiger partial charge in [0.2, 0.25) is 0 Å². The van der Waals surface area contributed by atoms with Gasteiger partial charge in [-0.3, -0.25) is 0 Å². The Morgan fingerprint density at radius 3 is 1.59 bits per heavy atom. The van der Waals surface area contributed by atoms with Gasteiger partial charge in [-0.2, -0.15) is 0 Å². The van der Waals surface area contributed by atoms with Crippen molar-refractivity contribution in [2.24, 2.45) is 0 Å². The van der Waals surface area contributed by atoms with Crippen LogP contribution in [0.4, 0.5) is 17.1 Å². The number of hydrogen-bond acceptors (Lipinski definition) is 3. The summed E-state index contributed by atoms with van der Waals surface area (Å²) < 4.78 is 8.89. The highest BCUT2D eigenvalue weighted by Crippen LogP contribution is 2.42. The molecule has 286 valence electrons. The quantitative estimate of drug-likeness (QED) is 0.160. The monoisotopic (exact) mass is 795 g/mol. The summed E-state index contributed by atoms with van der Waals surface area (Å²) in [6, 6.07) is 81.2. The van der Waals surface area contributed by atoms with Gasteiger partial charge in [0.05, 0.1) is 0 Å². The number of para-hydroxylation sites is 1. The van der Waals surface area contributed by atoms with Crippen molar-refractivity contribution in [1.82, 2.24) is 0 Å². The zero-order chi connectivity index (χ0) is 40.3. The van der Waals surface area contributed by atoms with E-state index in [9.17, 15) is 0 Å². The van der Waals surface area contributed by atoms with Crippen LogP contribution in [0.25, 0.3) is 97.4 Å². The van der Waals surface area contributed by atoms with Gasteiger partial charge in [-0.15, -0.1) is 11.3 Å². The fourth-order valence-corrected chi connectivity index (χ4v) is 10.1. The number of furan rings is 1. The Hall–Kier alpha value is -7.72. The first-order valence-electron chi connectivity index (χ1n) is 20.7. The van der Waals surface area contributed by atoms with Gasteiger partial charge in [0, 0.05) is 48.0 Å². The van der Waals surface area contributed by atoms with Crippen LogP contribution < -0.4 is 4.90 Å². The Labute approximate surface area is 357 Å². The first-order chi connectivity index (χ1) is 30.2. The largest absolute Gasteiger partial charge is 0.456 e. The molecule has 2 nitrogen and oxygen atoms in total. The van der Waals surface area contributed by atoms with Crippen molar-refractivity contribution in [3.05, 3.63) is 224 Å². The molecule has 61 heavy (non-hydrogen) atoms. The Balaban J connectivity index is 0.918. The third kappa shape index (κ3) is 6.26. The van der Waals surface area contributed by atoms with Gasteiger partial charge >= 0.3 is 0 Å². The van der Waals surface area contributed by atoms with Crippen LogP contribution in [0.5, 0.6) is 0 Å². The lowest BCUT2D eigenvalue weighted by Gasteiger charge is -2.26. The summed E-state index contributed by atoms with van der Waals surface area (Å²) in [7, 11) is 0. The molecule has 0 aliphatic rings. The second-order valence-electron chi connectivity index (χ2n) is 15.7. The first kappa shape index (κ1) is 35.2. The van der Waals surface area contributed by atoms with Crippen molar-refractivity contribution in [1.29, 1.82) is 0 Å². The number of rotatable bonds is 7. The van der Waals surface area contributed by atoms with E-state index in [1.54, 1.807) is 0 Å². The summed E-state index contributed by atoms with van der Waals surface area (Å²) in [5.74, 6) is 0. The number of nitrogens with zero attached hydrogens (tertiary/aromatic N) is 1. The summed E-state index contributed by atoms with van der Waals surface area (Å²) in [4.78, 5) is 2.35. The molecule has 12 aromatic rings. The molecule has 0 saturated heterocycles. The highest BCUT2D eigenvalue weighted by molar-refractivity contribution is 7.25. The van der Waals surface area contributed by atoms with Crippen molar-refractivity contribution in [2.75, 3.05) is 4.90 Å². The maximum Gasteiger partial charge on any atom is 0.136 e. The van der Waals surface area contributed by atoms with E-state index in [2.05, 4.69) is 217 Å². The average molecular weight is 796 g/mol. The topological polar surface area (TPSA) is 16.4 Å². The summed E-state index contributed by atoms with van der Waals surface area (Å²) in [5, 5.41) is 7.41. The van der Waals surface area contributed by atoms with Crippen LogP contribution in [0.1, 0.15) is 0 Å². The minimum Gasteiger partial charge on any atom is -0.456 e. The number of fused-ring (bicyclic) bond motifs is 7. The lowest BCUT2D eigenvalue weighted by atomic mass is 9.97. The Morgan fingerprint density at radius 2 is 0.836 bits per heavy atom. The molecule has 0 bridgehead atoms. The van der Waals surface area contributed by atoms with Crippen LogP contribution in [0.3, 0.4) is 0 Å². The van der Waals surface area contributed by atoms with Gasteiger partial charge in [0.15, 0.2) is 0 Å². The Morgan fingerprint density at radius 1 is 0.311 bits per heavy atom. The van der Waals surface area contributed by atoms with Gasteiger partial charge in [-0.25, -0.2) is 0 Å². The molecule has 2 heterocycles. The molecule has 12 rings (SSSR count). The van der Waals surface area contributed by atoms with Crippen LogP contribution in [0.2, 0.25) is 0 Å². The first-order valence-corrected chi connectivity index (χ1v) is 21.5. The molecule has 0 radical (unpaired) electrons. The number of hydrogen-bond donors (Lipinski definition) is 0. The maximum absolute atomic E-state index is 6.25. The fraction of sp³-hybridized carbons (Fsp3) is 0. The van der Waals surface area contributed by atoms with Gasteiger partial charge < -0.3 is 9.32 Å². The third-order valence-corrected chi connectivity index (χ3v) is 13.2. The summed E-state index contributed by atoms with van der Waals surface area (Å²) >= 11 is 1.86. The van der Waals surface area contributed by atoms with Crippen molar-refractivity contribution in [2.45, 2.75) is 0 Å². The van der Waals surface area contributed by atoms with Gasteiger partial charge in [0.25, 0.3) is 0 Å². The molecule has 0 fully saturated rings. The standard InChI is InChI=1S/C58H37NOS/c1-2-10-42-36-45(20-19-38(42)9-1)44-12-7-11-43(35-44)39-21-28-47(29-22-39)59(48-30-23-40(24-31-48)46-27-34-57-53(37-46)51-13-4-6-18-56(51)61-57)49-32-25-41(26-33-49)50-15-8-17-55-58(50)52-14-3-5-16-54(52)60-55/h1-37H. The minimum atomic E-state index is 0.902. The van der Waals surface area contributed by atoms with E-state index in [0.717, 1.165) is 50.1 Å². The number of thiophene rings is 1. The Bertz CT molecular complexity index is 3580. The van der Waals surface area contributed by atoms with Crippen LogP contribution in [0, 0.1) is 0 Å². The minimum absolute atomic E-state index is 0.902. The molecule has 0 amide bonds. The lowest BCUT2D eigenvalue weighted by Crippen LogP contribution is -2.09. The van der Waals surface area contributed by atoms with Gasteiger partial charge in [0.1, 0.15) is 11.2 Å². The molecule has 3 heteroatoms. The molecule has 2 aromatic heterocycles. The molecule has 0 atom stereocenters. The molecular weight excluding hydrogens is 759 g/mol. The van der Waals surface area contributed by atoms with Crippen molar-refractivity contribution in [3.8, 4) is 44.5 Å². The van der Waals surface area contributed by atoms with E-state index < -0.39 is 0 Å². The van der Waals surface area contributed by atoms with Crippen molar-refractivity contribution >= 4 is 81.3 Å². The van der Waals surface area contributed by atoms with Crippen LogP contribution in [-0.2, 0) is 0 Å². The highest BCUT2D eigenvalue weighted by Gasteiger charge is 2.17. The molecule has 0 unspecified atom stereocenters. The maximum atomic E-state index is 6.25. The molecule has 0 aliphatic carbocycles. The predicted octanol–water partition coefficient (Wildman–Crippen LogP) is 17.2. The van der Waals surface area contributed by atoms with Gasteiger partial charge in [-0.1, -0.05) is 146 Å². The van der Waals surface area contributed by atoms with Crippen LogP contribution >= 0.6 is 11.3 Å². The zero-order valence-corrected chi connectivity index (χ0v) is 33.9. The molecule has 0 aliphatic heterocycles. The fourth-order valence-electron chi connectivity index (χ4n) is 9.01. The summed E-state index contributed by atoms with van der Waals surface area (Å²) in [6.45, 7) is 0. The molecule has 0 N–H and O–H groups in total. The summed E-state index contributed by atoms with van der Waals surface area (Å²) in [6.07, 6.45) is 0. The van der Waals surface area contributed by atoms with E-state index in [1.165, 1.54) is 64.3 Å². The lowest BCUT2D eigenvalue weighted by molar-refractivity contribution is 0.669. The zero-order valence-electron chi connectivity index (χ0n) is 33.1. The third-order valence-electron chi connectivity index (χ3n) is 12.1. The van der Waals surface area contributed by atoms with Crippen LogP contribution in [-0.4, -0.2) is 0 Å². The highest BCUT2D eigenvalue weighted by atomic mass is 32.1. The van der Waals surface area contributed by atoms with E-state index in [4.69, 9.17) is 4.42 Å². The average Bonchev–Trinajstić information content (AvgIpc) is 3.91. The molecule has 0 saturated carbocycles. The van der Waals surface area contributed by atoms with Crippen molar-refractivity contribution in [3.63, 3.8) is 0 Å². The van der Waals surface area contributed by atoms with Crippen molar-refractivity contribution < 1.29 is 4.42 Å². The number of anilines is 3. The van der Waals surface area contributed by atoms with E-state index in [1.807, 2.05) is 23.5 Å². The molecule has 0 spiro atoms. The molecular formula is C58H37NOS. The summed E-state index contributed by atoms with van der Waals surface area (Å²) in [5.41, 5.74) is 14.6. The Kier molecular flexibility index (Phi) is 8.39. The predicted molar refractivity (Wildman–Crippen MR) is 261 cm³/mol. The van der Waals surface area contributed by atoms with E-state index in [-0.39, 0.29) is 0 Å². The number of benzene rings is 10. The van der Waals surface area contributed by atoms with E-state index in [0.29, 0.717) is 0 Å². The van der Waals surface area contributed by atoms with Gasteiger partial charge in [-0.05, 0) is 134 Å². The SMILES string of the molecule is c1cc(-c2ccc(N(c3ccc(-c4ccc5sc6ccccc6c5c4)cc3)c3ccc(-c4cccc5oc6ccccc6c45)cc3)cc2)cc(-c2ccc3ccccc3c2)c1. The normalized spacial score (nSPS) is 11.6.